The number of oxazole rings is 1. The minimum absolute atomic E-state index is 0.0728. The van der Waals surface area contributed by atoms with Gasteiger partial charge in [0, 0.05) is 30.8 Å². The largest absolute Gasteiger partial charge is 0.439 e. The first-order valence-electron chi connectivity index (χ1n) is 6.52. The zero-order chi connectivity index (χ0) is 15.2. The van der Waals surface area contributed by atoms with Gasteiger partial charge in [0.05, 0.1) is 24.3 Å². The smallest absolute Gasteiger partial charge is 0.273 e. The number of hydrogen-bond acceptors (Lipinski definition) is 6. The van der Waals surface area contributed by atoms with E-state index < -0.39 is 4.92 Å². The number of benzene rings is 1. The lowest BCUT2D eigenvalue weighted by molar-refractivity contribution is -0.385. The Balaban J connectivity index is 2.14. The van der Waals surface area contributed by atoms with Crippen molar-refractivity contribution in [3.63, 3.8) is 0 Å². The van der Waals surface area contributed by atoms with Crippen molar-refractivity contribution in [2.45, 2.75) is 13.5 Å². The molecule has 21 heavy (non-hydrogen) atoms. The molecular formula is C14H17N3O4. The second-order valence-electron chi connectivity index (χ2n) is 4.49. The van der Waals surface area contributed by atoms with Crippen LogP contribution in [0.4, 0.5) is 5.69 Å². The summed E-state index contributed by atoms with van der Waals surface area (Å²) < 4.78 is 10.6. The number of nitro groups is 1. The van der Waals surface area contributed by atoms with Gasteiger partial charge in [0.15, 0.2) is 5.76 Å². The molecule has 0 saturated heterocycles. The second-order valence-corrected chi connectivity index (χ2v) is 4.49. The van der Waals surface area contributed by atoms with Gasteiger partial charge in [0.25, 0.3) is 5.69 Å². The van der Waals surface area contributed by atoms with Gasteiger partial charge < -0.3 is 14.5 Å². The average molecular weight is 291 g/mol. The molecule has 0 bridgehead atoms. The van der Waals surface area contributed by atoms with Crippen LogP contribution in [-0.4, -0.2) is 30.2 Å². The summed E-state index contributed by atoms with van der Waals surface area (Å²) >= 11 is 0. The Morgan fingerprint density at radius 2 is 2.29 bits per heavy atom. The minimum atomic E-state index is -0.400. The molecule has 112 valence electrons. The number of methoxy groups -OCH3 is 1. The molecule has 0 aliphatic carbocycles. The van der Waals surface area contributed by atoms with Crippen LogP contribution in [-0.2, 0) is 11.3 Å². The van der Waals surface area contributed by atoms with Gasteiger partial charge in [0.2, 0.25) is 5.89 Å². The van der Waals surface area contributed by atoms with Crippen molar-refractivity contribution in [3.05, 3.63) is 46.0 Å². The van der Waals surface area contributed by atoms with Crippen molar-refractivity contribution < 1.29 is 14.1 Å². The summed E-state index contributed by atoms with van der Waals surface area (Å²) in [4.78, 5) is 14.7. The normalized spacial score (nSPS) is 10.8. The molecule has 0 atom stereocenters. The number of nitro benzene ring substituents is 1. The van der Waals surface area contributed by atoms with E-state index in [1.54, 1.807) is 32.4 Å². The fourth-order valence-corrected chi connectivity index (χ4v) is 1.97. The predicted octanol–water partition coefficient (Wildman–Crippen LogP) is 2.29. The quantitative estimate of drug-likeness (QED) is 0.478. The summed E-state index contributed by atoms with van der Waals surface area (Å²) in [6, 6.07) is 4.90. The molecule has 2 rings (SSSR count). The maximum atomic E-state index is 11.0. The van der Waals surface area contributed by atoms with E-state index in [1.807, 2.05) is 0 Å². The topological polar surface area (TPSA) is 90.4 Å². The summed E-state index contributed by atoms with van der Waals surface area (Å²) in [6.45, 7) is 3.49. The molecule has 1 N–H and O–H groups in total. The first kappa shape index (κ1) is 15.1. The number of ether oxygens (including phenoxy) is 1. The van der Waals surface area contributed by atoms with E-state index in [2.05, 4.69) is 10.3 Å². The van der Waals surface area contributed by atoms with Crippen molar-refractivity contribution in [2.75, 3.05) is 20.3 Å². The fraction of sp³-hybridized carbons (Fsp3) is 0.357. The number of aromatic nitrogens is 1. The third kappa shape index (κ3) is 3.65. The molecule has 0 radical (unpaired) electrons. The Kier molecular flexibility index (Phi) is 5.02. The highest BCUT2D eigenvalue weighted by molar-refractivity contribution is 5.66. The van der Waals surface area contributed by atoms with E-state index in [-0.39, 0.29) is 5.69 Å². The standard InChI is InChI=1S/C14H17N3O4/c1-10-11(4-3-5-12(10)17(18)19)13-8-16-14(21-13)9-15-6-7-20-2/h3-5,8,15H,6-7,9H2,1-2H3. The van der Waals surface area contributed by atoms with Crippen LogP contribution in [0, 0.1) is 17.0 Å². The van der Waals surface area contributed by atoms with Gasteiger partial charge in [-0.2, -0.15) is 0 Å². The van der Waals surface area contributed by atoms with Gasteiger partial charge >= 0.3 is 0 Å². The Labute approximate surface area is 122 Å². The second kappa shape index (κ2) is 6.96. The Hall–Kier alpha value is -2.25. The van der Waals surface area contributed by atoms with Crippen LogP contribution in [0.15, 0.2) is 28.8 Å². The number of rotatable bonds is 7. The summed E-state index contributed by atoms with van der Waals surface area (Å²) in [6.07, 6.45) is 1.58. The van der Waals surface area contributed by atoms with Crippen molar-refractivity contribution in [3.8, 4) is 11.3 Å². The third-order valence-electron chi connectivity index (χ3n) is 3.08. The van der Waals surface area contributed by atoms with Crippen LogP contribution in [0.25, 0.3) is 11.3 Å². The van der Waals surface area contributed by atoms with Gasteiger partial charge in [-0.25, -0.2) is 4.98 Å². The highest BCUT2D eigenvalue weighted by Gasteiger charge is 2.16. The van der Waals surface area contributed by atoms with E-state index in [0.29, 0.717) is 42.5 Å². The molecule has 1 heterocycles. The van der Waals surface area contributed by atoms with Crippen molar-refractivity contribution in [1.82, 2.24) is 10.3 Å². The summed E-state index contributed by atoms with van der Waals surface area (Å²) in [5, 5.41) is 14.1. The maximum absolute atomic E-state index is 11.0. The first-order valence-corrected chi connectivity index (χ1v) is 6.52. The number of nitrogens with one attached hydrogen (secondary N) is 1. The Bertz CT molecular complexity index is 624. The fourth-order valence-electron chi connectivity index (χ4n) is 1.97. The van der Waals surface area contributed by atoms with Gasteiger partial charge in [0.1, 0.15) is 0 Å². The van der Waals surface area contributed by atoms with Gasteiger partial charge in [-0.1, -0.05) is 12.1 Å². The highest BCUT2D eigenvalue weighted by atomic mass is 16.6. The monoisotopic (exact) mass is 291 g/mol. The lowest BCUT2D eigenvalue weighted by Crippen LogP contribution is -2.18. The molecule has 1 aromatic heterocycles. The molecule has 7 nitrogen and oxygen atoms in total. The molecule has 0 aliphatic rings. The van der Waals surface area contributed by atoms with Crippen LogP contribution < -0.4 is 5.32 Å². The molecule has 7 heteroatoms. The first-order chi connectivity index (χ1) is 10.1. The number of nitrogens with zero attached hydrogens (tertiary/aromatic N) is 2. The van der Waals surface area contributed by atoms with Crippen LogP contribution in [0.5, 0.6) is 0 Å². The molecule has 1 aromatic carbocycles. The van der Waals surface area contributed by atoms with Gasteiger partial charge in [-0.3, -0.25) is 10.1 Å². The van der Waals surface area contributed by atoms with E-state index in [4.69, 9.17) is 9.15 Å². The molecule has 0 fully saturated rings. The molecule has 0 aliphatic heterocycles. The van der Waals surface area contributed by atoms with Crippen molar-refractivity contribution in [1.29, 1.82) is 0 Å². The van der Waals surface area contributed by atoms with Gasteiger partial charge in [-0.05, 0) is 6.92 Å². The Morgan fingerprint density at radius 1 is 1.48 bits per heavy atom. The van der Waals surface area contributed by atoms with E-state index >= 15 is 0 Å². The maximum Gasteiger partial charge on any atom is 0.273 e. The van der Waals surface area contributed by atoms with E-state index in [9.17, 15) is 10.1 Å². The lowest BCUT2D eigenvalue weighted by Gasteiger charge is -2.03. The molecule has 0 saturated carbocycles. The van der Waals surface area contributed by atoms with E-state index in [0.717, 1.165) is 0 Å². The molecule has 0 spiro atoms. The van der Waals surface area contributed by atoms with Crippen LogP contribution in [0.2, 0.25) is 0 Å². The van der Waals surface area contributed by atoms with Gasteiger partial charge in [-0.15, -0.1) is 0 Å². The minimum Gasteiger partial charge on any atom is -0.439 e. The SMILES string of the molecule is COCCNCc1ncc(-c2cccc([N+](=O)[O-])c2C)o1. The lowest BCUT2D eigenvalue weighted by atomic mass is 10.1. The third-order valence-corrected chi connectivity index (χ3v) is 3.08. The molecule has 2 aromatic rings. The molecular weight excluding hydrogens is 274 g/mol. The van der Waals surface area contributed by atoms with Crippen LogP contribution >= 0.6 is 0 Å². The zero-order valence-corrected chi connectivity index (χ0v) is 12.0. The van der Waals surface area contributed by atoms with Crippen molar-refractivity contribution >= 4 is 5.69 Å². The zero-order valence-electron chi connectivity index (χ0n) is 12.0. The van der Waals surface area contributed by atoms with Crippen molar-refractivity contribution in [2.24, 2.45) is 0 Å². The molecule has 0 amide bonds. The molecule has 0 unspecified atom stereocenters. The van der Waals surface area contributed by atoms with Crippen LogP contribution in [0.3, 0.4) is 0 Å². The van der Waals surface area contributed by atoms with E-state index in [1.165, 1.54) is 6.07 Å². The summed E-state index contributed by atoms with van der Waals surface area (Å²) in [5.74, 6) is 1.06. The predicted molar refractivity (Wildman–Crippen MR) is 76.9 cm³/mol. The number of hydrogen-bond donors (Lipinski definition) is 1. The average Bonchev–Trinajstić information content (AvgIpc) is 2.92. The summed E-state index contributed by atoms with van der Waals surface area (Å²) in [7, 11) is 1.63. The summed E-state index contributed by atoms with van der Waals surface area (Å²) in [5.41, 5.74) is 1.32. The Morgan fingerprint density at radius 3 is 3.00 bits per heavy atom. The highest BCUT2D eigenvalue weighted by Crippen LogP contribution is 2.30. The van der Waals surface area contributed by atoms with Crippen LogP contribution in [0.1, 0.15) is 11.5 Å².